The molecule has 4 N–H and O–H groups in total. The minimum atomic E-state index is -0.957. The maximum atomic E-state index is 12.9. The van der Waals surface area contributed by atoms with Crippen molar-refractivity contribution in [2.75, 3.05) is 16.0 Å². The van der Waals surface area contributed by atoms with E-state index in [-0.39, 0.29) is 29.7 Å². The molecule has 2 amide bonds. The smallest absolute Gasteiger partial charge is 0.258 e. The van der Waals surface area contributed by atoms with Gasteiger partial charge in [-0.15, -0.1) is 0 Å². The van der Waals surface area contributed by atoms with E-state index in [1.165, 1.54) is 0 Å². The lowest BCUT2D eigenvalue weighted by Crippen LogP contribution is -2.36. The van der Waals surface area contributed by atoms with Gasteiger partial charge in [-0.25, -0.2) is 0 Å². The highest BCUT2D eigenvalue weighted by molar-refractivity contribution is 6.30. The van der Waals surface area contributed by atoms with Crippen molar-refractivity contribution in [3.8, 4) is 0 Å². The van der Waals surface area contributed by atoms with Gasteiger partial charge in [-0.2, -0.15) is 4.98 Å². The first-order valence-electron chi connectivity index (χ1n) is 9.65. The molecule has 0 fully saturated rings. The number of hydrogen-bond acceptors (Lipinski definition) is 5. The van der Waals surface area contributed by atoms with Crippen LogP contribution in [0.3, 0.4) is 0 Å². The first-order chi connectivity index (χ1) is 14.8. The van der Waals surface area contributed by atoms with Crippen LogP contribution in [-0.4, -0.2) is 21.8 Å². The second kappa shape index (κ2) is 8.23. The van der Waals surface area contributed by atoms with Crippen molar-refractivity contribution in [2.24, 2.45) is 0 Å². The highest BCUT2D eigenvalue weighted by Crippen LogP contribution is 2.30. The maximum absolute atomic E-state index is 12.9. The van der Waals surface area contributed by atoms with Crippen LogP contribution >= 0.6 is 11.6 Å². The van der Waals surface area contributed by atoms with Crippen molar-refractivity contribution >= 4 is 46.6 Å². The lowest BCUT2D eigenvalue weighted by molar-refractivity contribution is -0.123. The van der Waals surface area contributed by atoms with Crippen LogP contribution in [0.4, 0.5) is 23.1 Å². The molecule has 0 spiro atoms. The van der Waals surface area contributed by atoms with E-state index in [1.807, 2.05) is 26.0 Å². The summed E-state index contributed by atoms with van der Waals surface area (Å²) in [4.78, 5) is 44.9. The third kappa shape index (κ3) is 4.44. The fourth-order valence-electron chi connectivity index (χ4n) is 3.41. The highest BCUT2D eigenvalue weighted by atomic mass is 35.5. The number of fused-ring (bicyclic) bond motifs is 1. The molecule has 4 rings (SSSR count). The van der Waals surface area contributed by atoms with Gasteiger partial charge in [-0.3, -0.25) is 19.4 Å². The van der Waals surface area contributed by atoms with Gasteiger partial charge in [0.05, 0.1) is 11.5 Å². The van der Waals surface area contributed by atoms with Gasteiger partial charge in [-0.1, -0.05) is 23.7 Å². The molecule has 1 aliphatic heterocycles. The van der Waals surface area contributed by atoms with Crippen LogP contribution in [0.5, 0.6) is 0 Å². The fourth-order valence-corrected chi connectivity index (χ4v) is 3.60. The number of benzene rings is 2. The molecule has 1 aliphatic rings. The number of carbonyl (C=O) groups is 2. The Hall–Kier alpha value is -3.65. The van der Waals surface area contributed by atoms with Crippen molar-refractivity contribution in [2.45, 2.75) is 26.2 Å². The third-order valence-electron chi connectivity index (χ3n) is 5.13. The molecule has 1 atom stereocenters. The van der Waals surface area contributed by atoms with E-state index in [4.69, 9.17) is 11.6 Å². The Morgan fingerprint density at radius 3 is 2.65 bits per heavy atom. The van der Waals surface area contributed by atoms with Gasteiger partial charge >= 0.3 is 0 Å². The van der Waals surface area contributed by atoms with Gasteiger partial charge in [0.1, 0.15) is 5.82 Å². The van der Waals surface area contributed by atoms with E-state index in [1.54, 1.807) is 30.3 Å². The molecule has 2 aromatic carbocycles. The number of aryl methyl sites for hydroxylation is 2. The summed E-state index contributed by atoms with van der Waals surface area (Å²) in [5.74, 6) is -1.60. The summed E-state index contributed by atoms with van der Waals surface area (Å²) < 4.78 is 0. The minimum absolute atomic E-state index is 0.0600. The summed E-state index contributed by atoms with van der Waals surface area (Å²) in [6, 6.07) is 12.4. The summed E-state index contributed by atoms with van der Waals surface area (Å²) in [5, 5.41) is 8.85. The van der Waals surface area contributed by atoms with Crippen LogP contribution in [0.25, 0.3) is 0 Å². The number of nitrogens with one attached hydrogen (secondary N) is 4. The Morgan fingerprint density at radius 2 is 1.90 bits per heavy atom. The average Bonchev–Trinajstić information content (AvgIpc) is 2.70. The molecule has 0 radical (unpaired) electrons. The summed E-state index contributed by atoms with van der Waals surface area (Å²) >= 11 is 5.98. The Bertz CT molecular complexity index is 1250. The highest BCUT2D eigenvalue weighted by Gasteiger charge is 2.34. The molecule has 9 heteroatoms. The number of aromatic nitrogens is 2. The van der Waals surface area contributed by atoms with E-state index in [9.17, 15) is 14.4 Å². The number of hydrogen-bond donors (Lipinski definition) is 4. The van der Waals surface area contributed by atoms with Crippen molar-refractivity contribution in [1.29, 1.82) is 0 Å². The zero-order valence-electron chi connectivity index (χ0n) is 16.9. The van der Waals surface area contributed by atoms with Gasteiger partial charge in [0.15, 0.2) is 0 Å². The molecule has 1 aromatic heterocycles. The Kier molecular flexibility index (Phi) is 5.48. The minimum Gasteiger partial charge on any atom is -0.326 e. The molecule has 0 saturated carbocycles. The molecule has 31 heavy (non-hydrogen) atoms. The van der Waals surface area contributed by atoms with E-state index in [0.717, 1.165) is 11.1 Å². The van der Waals surface area contributed by atoms with Crippen molar-refractivity contribution < 1.29 is 9.59 Å². The number of anilines is 4. The van der Waals surface area contributed by atoms with E-state index in [2.05, 4.69) is 25.9 Å². The second-order valence-corrected chi connectivity index (χ2v) is 7.84. The molecule has 0 unspecified atom stereocenters. The summed E-state index contributed by atoms with van der Waals surface area (Å²) in [6.07, 6.45) is -0.143. The SMILES string of the molecule is Cc1ccc(NC(=O)[C@H]2CC(=O)Nc3nc(Nc4cccc(Cl)c4)[nH]c(=O)c32)cc1C. The van der Waals surface area contributed by atoms with Gasteiger partial charge in [0.25, 0.3) is 5.56 Å². The van der Waals surface area contributed by atoms with Crippen LogP contribution in [0.2, 0.25) is 5.02 Å². The monoisotopic (exact) mass is 437 g/mol. The Morgan fingerprint density at radius 1 is 1.10 bits per heavy atom. The lowest BCUT2D eigenvalue weighted by Gasteiger charge is -2.23. The zero-order chi connectivity index (χ0) is 22.1. The van der Waals surface area contributed by atoms with Crippen LogP contribution in [-0.2, 0) is 9.59 Å². The number of halogens is 1. The number of rotatable bonds is 4. The van der Waals surface area contributed by atoms with Gasteiger partial charge in [0, 0.05) is 22.8 Å². The summed E-state index contributed by atoms with van der Waals surface area (Å²) in [7, 11) is 0. The third-order valence-corrected chi connectivity index (χ3v) is 5.36. The first-order valence-corrected chi connectivity index (χ1v) is 10.0. The second-order valence-electron chi connectivity index (χ2n) is 7.41. The molecule has 2 heterocycles. The number of aromatic amines is 1. The lowest BCUT2D eigenvalue weighted by atomic mass is 9.92. The average molecular weight is 438 g/mol. The standard InChI is InChI=1S/C22H20ClN5O3/c1-11-6-7-15(8-12(11)2)24-20(30)16-10-17(29)26-19-18(16)21(31)28-22(27-19)25-14-5-3-4-13(23)9-14/h3-9,16H,10H2,1-2H3,(H,24,30)(H3,25,26,27,28,29,31)/t16-/m0/s1. The van der Waals surface area contributed by atoms with Crippen LogP contribution < -0.4 is 21.5 Å². The largest absolute Gasteiger partial charge is 0.326 e. The maximum Gasteiger partial charge on any atom is 0.258 e. The van der Waals surface area contributed by atoms with Gasteiger partial charge in [0.2, 0.25) is 17.8 Å². The van der Waals surface area contributed by atoms with E-state index in [0.29, 0.717) is 16.4 Å². The quantitative estimate of drug-likeness (QED) is 0.494. The Balaban J connectivity index is 1.64. The van der Waals surface area contributed by atoms with Crippen LogP contribution in [0.15, 0.2) is 47.3 Å². The predicted octanol–water partition coefficient (Wildman–Crippen LogP) is 3.85. The van der Waals surface area contributed by atoms with Gasteiger partial charge in [-0.05, 0) is 55.3 Å². The summed E-state index contributed by atoms with van der Waals surface area (Å²) in [5.41, 5.74) is 2.95. The molecule has 0 aliphatic carbocycles. The van der Waals surface area contributed by atoms with E-state index < -0.39 is 17.4 Å². The molecule has 3 aromatic rings. The van der Waals surface area contributed by atoms with Crippen molar-refractivity contribution in [1.82, 2.24) is 9.97 Å². The Labute approximate surface area is 183 Å². The summed E-state index contributed by atoms with van der Waals surface area (Å²) in [6.45, 7) is 3.92. The number of H-pyrrole nitrogens is 1. The first kappa shape index (κ1) is 20.6. The number of amides is 2. The molecule has 8 nitrogen and oxygen atoms in total. The molecule has 0 bridgehead atoms. The fraction of sp³-hybridized carbons (Fsp3) is 0.182. The number of carbonyl (C=O) groups excluding carboxylic acids is 2. The predicted molar refractivity (Wildman–Crippen MR) is 120 cm³/mol. The molecule has 158 valence electrons. The topological polar surface area (TPSA) is 116 Å². The molecular formula is C22H20ClN5O3. The van der Waals surface area contributed by atoms with Crippen LogP contribution in [0.1, 0.15) is 29.0 Å². The van der Waals surface area contributed by atoms with E-state index >= 15 is 0 Å². The zero-order valence-corrected chi connectivity index (χ0v) is 17.6. The normalized spacial score (nSPS) is 15.1. The molecule has 0 saturated heterocycles. The van der Waals surface area contributed by atoms with Crippen molar-refractivity contribution in [3.63, 3.8) is 0 Å². The van der Waals surface area contributed by atoms with Gasteiger partial charge < -0.3 is 16.0 Å². The number of nitrogens with zero attached hydrogens (tertiary/aromatic N) is 1. The molecular weight excluding hydrogens is 418 g/mol. The van der Waals surface area contributed by atoms with Crippen molar-refractivity contribution in [3.05, 3.63) is 74.5 Å². The van der Waals surface area contributed by atoms with Crippen LogP contribution in [0, 0.1) is 13.8 Å².